The molecule has 14 heavy (non-hydrogen) atoms. The fraction of sp³-hybridized carbons (Fsp3) is 1.00. The molecule has 1 heteroatoms. The highest BCUT2D eigenvalue weighted by atomic mass is 15.1. The molecule has 0 heterocycles. The van der Waals surface area contributed by atoms with Gasteiger partial charge in [0.1, 0.15) is 0 Å². The first-order valence-corrected chi connectivity index (χ1v) is 6.55. The van der Waals surface area contributed by atoms with Crippen molar-refractivity contribution >= 4 is 0 Å². The number of nitrogens with zero attached hydrogens (tertiary/aromatic N) is 1. The van der Waals surface area contributed by atoms with Crippen LogP contribution in [0, 0.1) is 0 Å². The van der Waals surface area contributed by atoms with E-state index in [1.165, 1.54) is 64.3 Å². The lowest BCUT2D eigenvalue weighted by molar-refractivity contribution is 0.217. The second-order valence-corrected chi connectivity index (χ2v) is 4.78. The third-order valence-electron chi connectivity index (χ3n) is 3.70. The summed E-state index contributed by atoms with van der Waals surface area (Å²) in [5.74, 6) is 0. The summed E-state index contributed by atoms with van der Waals surface area (Å²) in [6.07, 6.45) is 13.1. The molecule has 0 aromatic heterocycles. The second kappa shape index (κ2) is 7.28. The summed E-state index contributed by atoms with van der Waals surface area (Å²) in [4.78, 5) is 2.54. The average Bonchev–Trinajstić information content (AvgIpc) is 2.24. The Hall–Kier alpha value is -0.0400. The summed E-state index contributed by atoms with van der Waals surface area (Å²) in [6.45, 7) is 3.49. The molecule has 0 aromatic rings. The molecule has 1 saturated carbocycles. The van der Waals surface area contributed by atoms with E-state index in [9.17, 15) is 0 Å². The molecule has 0 aromatic carbocycles. The summed E-state index contributed by atoms with van der Waals surface area (Å²) in [7, 11) is 2.29. The molecule has 0 atom stereocenters. The van der Waals surface area contributed by atoms with Gasteiger partial charge in [-0.15, -0.1) is 0 Å². The van der Waals surface area contributed by atoms with Crippen LogP contribution >= 0.6 is 0 Å². The molecule has 1 rings (SSSR count). The van der Waals surface area contributed by atoms with Gasteiger partial charge >= 0.3 is 0 Å². The van der Waals surface area contributed by atoms with E-state index in [0.29, 0.717) is 0 Å². The zero-order valence-electron chi connectivity index (χ0n) is 10.1. The summed E-state index contributed by atoms with van der Waals surface area (Å²) in [5.41, 5.74) is 0. The van der Waals surface area contributed by atoms with Crippen LogP contribution in [-0.2, 0) is 0 Å². The summed E-state index contributed by atoms with van der Waals surface area (Å²) in [5, 5.41) is 0. The first-order valence-electron chi connectivity index (χ1n) is 6.55. The third kappa shape index (κ3) is 4.45. The molecule has 0 bridgehead atoms. The average molecular weight is 197 g/mol. The van der Waals surface area contributed by atoms with Crippen molar-refractivity contribution in [2.75, 3.05) is 13.6 Å². The van der Waals surface area contributed by atoms with Gasteiger partial charge in [-0.2, -0.15) is 0 Å². The lowest BCUT2D eigenvalue weighted by Crippen LogP contribution is -2.31. The van der Waals surface area contributed by atoms with Crippen LogP contribution in [0.3, 0.4) is 0 Å². The number of hydrogen-bond donors (Lipinski definition) is 0. The molecule has 0 N–H and O–H groups in total. The molecule has 0 spiro atoms. The normalized spacial score (nSPS) is 22.5. The lowest BCUT2D eigenvalue weighted by Gasteiger charge is -2.27. The monoisotopic (exact) mass is 197 g/mol. The summed E-state index contributed by atoms with van der Waals surface area (Å²) >= 11 is 0. The van der Waals surface area contributed by atoms with Crippen molar-refractivity contribution < 1.29 is 0 Å². The Kier molecular flexibility index (Phi) is 6.25. The van der Waals surface area contributed by atoms with Gasteiger partial charge in [-0.25, -0.2) is 0 Å². The van der Waals surface area contributed by atoms with E-state index in [0.717, 1.165) is 6.04 Å². The molecule has 84 valence electrons. The van der Waals surface area contributed by atoms with Crippen molar-refractivity contribution in [2.24, 2.45) is 0 Å². The Bertz CT molecular complexity index is 123. The minimum absolute atomic E-state index is 0.873. The van der Waals surface area contributed by atoms with Gasteiger partial charge in [0.25, 0.3) is 0 Å². The first kappa shape index (κ1) is 12.0. The lowest BCUT2D eigenvalue weighted by atomic mass is 9.97. The van der Waals surface area contributed by atoms with E-state index in [-0.39, 0.29) is 0 Å². The largest absolute Gasteiger partial charge is 0.304 e. The molecular formula is C13H27N. The Morgan fingerprint density at radius 1 is 0.857 bits per heavy atom. The molecule has 0 amide bonds. The van der Waals surface area contributed by atoms with Crippen LogP contribution < -0.4 is 0 Å². The highest BCUT2D eigenvalue weighted by Crippen LogP contribution is 2.19. The van der Waals surface area contributed by atoms with Gasteiger partial charge in [0.2, 0.25) is 0 Å². The zero-order valence-corrected chi connectivity index (χ0v) is 10.1. The van der Waals surface area contributed by atoms with E-state index in [2.05, 4.69) is 18.9 Å². The van der Waals surface area contributed by atoms with Crippen LogP contribution in [0.15, 0.2) is 0 Å². The molecule has 1 aliphatic carbocycles. The molecule has 0 saturated heterocycles. The molecule has 1 fully saturated rings. The maximum atomic E-state index is 2.54. The van der Waals surface area contributed by atoms with Crippen molar-refractivity contribution in [3.8, 4) is 0 Å². The van der Waals surface area contributed by atoms with Gasteiger partial charge < -0.3 is 4.90 Å². The molecule has 1 nitrogen and oxygen atoms in total. The predicted molar refractivity (Wildman–Crippen MR) is 63.6 cm³/mol. The maximum Gasteiger partial charge on any atom is 0.00920 e. The van der Waals surface area contributed by atoms with Gasteiger partial charge in [0.15, 0.2) is 0 Å². The standard InChI is InChI=1S/C13H27N/c1-3-14(2)13-11-9-7-5-4-6-8-10-12-13/h13H,3-12H2,1-2H3. The molecule has 0 unspecified atom stereocenters. The first-order chi connectivity index (χ1) is 6.84. The number of hydrogen-bond acceptors (Lipinski definition) is 1. The Morgan fingerprint density at radius 3 is 1.71 bits per heavy atom. The van der Waals surface area contributed by atoms with E-state index >= 15 is 0 Å². The van der Waals surface area contributed by atoms with Crippen LogP contribution in [0.5, 0.6) is 0 Å². The quantitative estimate of drug-likeness (QED) is 0.650. The van der Waals surface area contributed by atoms with Gasteiger partial charge in [-0.1, -0.05) is 51.9 Å². The molecular weight excluding hydrogens is 170 g/mol. The molecule has 0 aliphatic heterocycles. The topological polar surface area (TPSA) is 3.24 Å². The number of rotatable bonds is 2. The second-order valence-electron chi connectivity index (χ2n) is 4.78. The summed E-state index contributed by atoms with van der Waals surface area (Å²) in [6, 6.07) is 0.873. The Labute approximate surface area is 89.9 Å². The maximum absolute atomic E-state index is 2.54. The van der Waals surface area contributed by atoms with Crippen LogP contribution in [0.25, 0.3) is 0 Å². The Morgan fingerprint density at radius 2 is 1.29 bits per heavy atom. The van der Waals surface area contributed by atoms with E-state index < -0.39 is 0 Å². The van der Waals surface area contributed by atoms with Crippen LogP contribution in [0.4, 0.5) is 0 Å². The van der Waals surface area contributed by atoms with Crippen LogP contribution in [-0.4, -0.2) is 24.5 Å². The minimum Gasteiger partial charge on any atom is -0.304 e. The van der Waals surface area contributed by atoms with Gasteiger partial charge in [0.05, 0.1) is 0 Å². The molecule has 0 radical (unpaired) electrons. The van der Waals surface area contributed by atoms with Gasteiger partial charge in [-0.05, 0) is 26.4 Å². The van der Waals surface area contributed by atoms with Crippen molar-refractivity contribution in [1.29, 1.82) is 0 Å². The predicted octanol–water partition coefficient (Wildman–Crippen LogP) is 3.83. The highest BCUT2D eigenvalue weighted by molar-refractivity contribution is 4.69. The fourth-order valence-corrected chi connectivity index (χ4v) is 2.49. The van der Waals surface area contributed by atoms with Crippen LogP contribution in [0.2, 0.25) is 0 Å². The van der Waals surface area contributed by atoms with E-state index in [1.807, 2.05) is 0 Å². The van der Waals surface area contributed by atoms with E-state index in [1.54, 1.807) is 0 Å². The highest BCUT2D eigenvalue weighted by Gasteiger charge is 2.13. The van der Waals surface area contributed by atoms with Crippen molar-refractivity contribution in [3.63, 3.8) is 0 Å². The minimum atomic E-state index is 0.873. The Balaban J connectivity index is 2.30. The van der Waals surface area contributed by atoms with Gasteiger partial charge in [-0.3, -0.25) is 0 Å². The summed E-state index contributed by atoms with van der Waals surface area (Å²) < 4.78 is 0. The molecule has 1 aliphatic rings. The smallest absolute Gasteiger partial charge is 0.00920 e. The SMILES string of the molecule is CCN(C)C1CCCCCCCCC1. The van der Waals surface area contributed by atoms with Crippen molar-refractivity contribution in [3.05, 3.63) is 0 Å². The van der Waals surface area contributed by atoms with Crippen molar-refractivity contribution in [2.45, 2.75) is 70.8 Å². The van der Waals surface area contributed by atoms with Crippen LogP contribution in [0.1, 0.15) is 64.7 Å². The van der Waals surface area contributed by atoms with E-state index in [4.69, 9.17) is 0 Å². The van der Waals surface area contributed by atoms with Gasteiger partial charge in [0, 0.05) is 6.04 Å². The van der Waals surface area contributed by atoms with Crippen molar-refractivity contribution in [1.82, 2.24) is 4.90 Å². The fourth-order valence-electron chi connectivity index (χ4n) is 2.49. The third-order valence-corrected chi connectivity index (χ3v) is 3.70. The zero-order chi connectivity index (χ0) is 10.2.